The van der Waals surface area contributed by atoms with Crippen LogP contribution in [0.1, 0.15) is 38.7 Å². The third-order valence-electron chi connectivity index (χ3n) is 4.03. The largest absolute Gasteiger partial charge is 0.372 e. The Kier molecular flexibility index (Phi) is 5.45. The summed E-state index contributed by atoms with van der Waals surface area (Å²) in [5, 5.41) is 0. The number of amides is 1. The van der Waals surface area contributed by atoms with Gasteiger partial charge < -0.3 is 4.90 Å². The van der Waals surface area contributed by atoms with Gasteiger partial charge in [0.05, 0.1) is 5.75 Å². The molecule has 0 spiro atoms. The molecule has 22 heavy (non-hydrogen) atoms. The molecule has 0 aromatic heterocycles. The number of carbonyl (C=O) groups is 1. The highest BCUT2D eigenvalue weighted by atomic mass is 32.2. The summed E-state index contributed by atoms with van der Waals surface area (Å²) < 4.78 is 25.8. The number of rotatable bonds is 6. The highest BCUT2D eigenvalue weighted by Crippen LogP contribution is 2.20. The first kappa shape index (κ1) is 16.8. The van der Waals surface area contributed by atoms with E-state index in [-0.39, 0.29) is 11.7 Å². The van der Waals surface area contributed by atoms with Gasteiger partial charge >= 0.3 is 0 Å². The zero-order valence-electron chi connectivity index (χ0n) is 13.3. The molecule has 2 rings (SSSR count). The highest BCUT2D eigenvalue weighted by Gasteiger charge is 2.29. The maximum absolute atomic E-state index is 12.4. The summed E-state index contributed by atoms with van der Waals surface area (Å²) in [7, 11) is -3.56. The number of piperidine rings is 1. The lowest BCUT2D eigenvalue weighted by molar-refractivity contribution is -0.128. The van der Waals surface area contributed by atoms with Gasteiger partial charge in [0.1, 0.15) is 0 Å². The van der Waals surface area contributed by atoms with Gasteiger partial charge in [0.15, 0.2) is 0 Å². The van der Waals surface area contributed by atoms with Crippen molar-refractivity contribution in [1.29, 1.82) is 0 Å². The van der Waals surface area contributed by atoms with E-state index >= 15 is 0 Å². The Labute approximate surface area is 133 Å². The fourth-order valence-corrected chi connectivity index (χ4v) is 4.33. The Morgan fingerprint density at radius 3 is 2.27 bits per heavy atom. The van der Waals surface area contributed by atoms with Crippen molar-refractivity contribution in [3.05, 3.63) is 29.8 Å². The van der Waals surface area contributed by atoms with E-state index in [1.807, 2.05) is 24.3 Å². The first-order valence-corrected chi connectivity index (χ1v) is 9.46. The van der Waals surface area contributed by atoms with E-state index < -0.39 is 10.0 Å². The number of nitrogens with zero attached hydrogens (tertiary/aromatic N) is 2. The van der Waals surface area contributed by atoms with E-state index in [9.17, 15) is 13.2 Å². The van der Waals surface area contributed by atoms with Crippen LogP contribution < -0.4 is 4.90 Å². The molecule has 1 aliphatic rings. The second kappa shape index (κ2) is 7.13. The van der Waals surface area contributed by atoms with Crippen molar-refractivity contribution in [2.24, 2.45) is 0 Å². The van der Waals surface area contributed by atoms with Crippen LogP contribution in [0.25, 0.3) is 0 Å². The Hall–Kier alpha value is -1.56. The molecule has 1 amide bonds. The Morgan fingerprint density at radius 2 is 1.73 bits per heavy atom. The predicted molar refractivity (Wildman–Crippen MR) is 88.2 cm³/mol. The molecule has 0 N–H and O–H groups in total. The summed E-state index contributed by atoms with van der Waals surface area (Å²) in [6.07, 6.45) is 1.87. The number of hydrogen-bond donors (Lipinski definition) is 0. The molecule has 0 unspecified atom stereocenters. The minimum atomic E-state index is -3.56. The number of hydrogen-bond acceptors (Lipinski definition) is 4. The van der Waals surface area contributed by atoms with Crippen molar-refractivity contribution in [1.82, 2.24) is 4.31 Å². The van der Waals surface area contributed by atoms with Crippen LogP contribution in [0.15, 0.2) is 24.3 Å². The molecule has 0 radical (unpaired) electrons. The van der Waals surface area contributed by atoms with Crippen LogP contribution in [0.4, 0.5) is 5.69 Å². The van der Waals surface area contributed by atoms with Gasteiger partial charge in [-0.1, -0.05) is 12.1 Å². The topological polar surface area (TPSA) is 57.7 Å². The molecule has 122 valence electrons. The highest BCUT2D eigenvalue weighted by molar-refractivity contribution is 7.88. The fourth-order valence-electron chi connectivity index (χ4n) is 2.76. The van der Waals surface area contributed by atoms with E-state index in [0.29, 0.717) is 18.5 Å². The van der Waals surface area contributed by atoms with Crippen LogP contribution in [-0.4, -0.2) is 38.3 Å². The molecule has 0 bridgehead atoms. The second-order valence-electron chi connectivity index (χ2n) is 5.52. The van der Waals surface area contributed by atoms with Gasteiger partial charge in [-0.05, 0) is 44.4 Å². The van der Waals surface area contributed by atoms with Crippen molar-refractivity contribution < 1.29 is 13.2 Å². The lowest BCUT2D eigenvalue weighted by Crippen LogP contribution is -2.40. The zero-order valence-corrected chi connectivity index (χ0v) is 14.1. The molecule has 0 atom stereocenters. The number of benzene rings is 1. The fraction of sp³-hybridized carbons (Fsp3) is 0.562. The lowest BCUT2D eigenvalue weighted by Gasteiger charge is -2.26. The maximum Gasteiger partial charge on any atom is 0.241 e. The quantitative estimate of drug-likeness (QED) is 0.806. The predicted octanol–water partition coefficient (Wildman–Crippen LogP) is 2.38. The van der Waals surface area contributed by atoms with Crippen molar-refractivity contribution in [2.45, 2.75) is 38.9 Å². The van der Waals surface area contributed by atoms with Crippen molar-refractivity contribution >= 4 is 21.6 Å². The number of sulfonamides is 1. The minimum absolute atomic E-state index is 0.114. The van der Waals surface area contributed by atoms with Gasteiger partial charge in [-0.25, -0.2) is 12.7 Å². The van der Waals surface area contributed by atoms with Gasteiger partial charge in [-0.15, -0.1) is 0 Å². The molecule has 0 aliphatic carbocycles. The van der Waals surface area contributed by atoms with E-state index in [0.717, 1.165) is 35.9 Å². The van der Waals surface area contributed by atoms with E-state index in [1.165, 1.54) is 0 Å². The molecule has 5 nitrogen and oxygen atoms in total. The van der Waals surface area contributed by atoms with Crippen molar-refractivity contribution in [3.63, 3.8) is 0 Å². The van der Waals surface area contributed by atoms with E-state index in [1.54, 1.807) is 0 Å². The van der Waals surface area contributed by atoms with E-state index in [4.69, 9.17) is 0 Å². The van der Waals surface area contributed by atoms with Crippen LogP contribution >= 0.6 is 0 Å². The third-order valence-corrected chi connectivity index (χ3v) is 5.79. The first-order chi connectivity index (χ1) is 10.5. The molecule has 1 fully saturated rings. The molecule has 1 aromatic carbocycles. The average Bonchev–Trinajstić information content (AvgIpc) is 2.50. The average molecular weight is 324 g/mol. The smallest absolute Gasteiger partial charge is 0.241 e. The van der Waals surface area contributed by atoms with Crippen LogP contribution in [0.2, 0.25) is 0 Å². The van der Waals surface area contributed by atoms with Crippen molar-refractivity contribution in [2.75, 3.05) is 24.5 Å². The van der Waals surface area contributed by atoms with Gasteiger partial charge in [0, 0.05) is 31.7 Å². The summed E-state index contributed by atoms with van der Waals surface area (Å²) in [5.41, 5.74) is 1.80. The molecule has 1 aliphatic heterocycles. The van der Waals surface area contributed by atoms with Gasteiger partial charge in [-0.2, -0.15) is 0 Å². The summed E-state index contributed by atoms with van der Waals surface area (Å²) in [6, 6.07) is 7.55. The maximum atomic E-state index is 12.4. The molecule has 0 saturated carbocycles. The monoisotopic (exact) mass is 324 g/mol. The molecular weight excluding hydrogens is 300 g/mol. The Bertz CT molecular complexity index is 607. The van der Waals surface area contributed by atoms with Gasteiger partial charge in [0.2, 0.25) is 15.9 Å². The van der Waals surface area contributed by atoms with Crippen LogP contribution in [0.5, 0.6) is 0 Å². The molecule has 1 heterocycles. The lowest BCUT2D eigenvalue weighted by atomic mass is 10.2. The second-order valence-corrected chi connectivity index (χ2v) is 7.41. The molecule has 6 heteroatoms. The van der Waals surface area contributed by atoms with Crippen LogP contribution in [0.3, 0.4) is 0 Å². The standard InChI is InChI=1S/C16H24N2O3S/c1-3-17(4-2)15-10-8-14(9-11-15)13-22(20,21)18-12-6-5-7-16(18)19/h8-11H,3-7,12-13H2,1-2H3. The summed E-state index contributed by atoms with van der Waals surface area (Å²) in [5.74, 6) is -0.386. The minimum Gasteiger partial charge on any atom is -0.372 e. The summed E-state index contributed by atoms with van der Waals surface area (Å²) in [6.45, 7) is 6.32. The first-order valence-electron chi connectivity index (χ1n) is 7.85. The third kappa shape index (κ3) is 3.80. The normalized spacial score (nSPS) is 15.9. The molecule has 1 saturated heterocycles. The van der Waals surface area contributed by atoms with Crippen LogP contribution in [0, 0.1) is 0 Å². The Balaban J connectivity index is 2.11. The zero-order chi connectivity index (χ0) is 16.2. The SMILES string of the molecule is CCN(CC)c1ccc(CS(=O)(=O)N2CCCCC2=O)cc1. The summed E-state index contributed by atoms with van der Waals surface area (Å²) >= 11 is 0. The molecule has 1 aromatic rings. The Morgan fingerprint density at radius 1 is 1.09 bits per heavy atom. The van der Waals surface area contributed by atoms with E-state index in [2.05, 4.69) is 18.7 Å². The van der Waals surface area contributed by atoms with Crippen LogP contribution in [-0.2, 0) is 20.6 Å². The summed E-state index contributed by atoms with van der Waals surface area (Å²) in [4.78, 5) is 14.0. The molecular formula is C16H24N2O3S. The van der Waals surface area contributed by atoms with Gasteiger partial charge in [0.25, 0.3) is 0 Å². The number of anilines is 1. The van der Waals surface area contributed by atoms with Gasteiger partial charge in [-0.3, -0.25) is 4.79 Å². The van der Waals surface area contributed by atoms with Crippen molar-refractivity contribution in [3.8, 4) is 0 Å². The number of carbonyl (C=O) groups excluding carboxylic acids is 1.